The molecule has 5 heteroatoms. The topological polar surface area (TPSA) is 55.8 Å². The fourth-order valence-corrected chi connectivity index (χ4v) is 3.24. The molecule has 0 bridgehead atoms. The summed E-state index contributed by atoms with van der Waals surface area (Å²) in [5.41, 5.74) is 2.87. The zero-order valence-corrected chi connectivity index (χ0v) is 15.7. The summed E-state index contributed by atoms with van der Waals surface area (Å²) >= 11 is 0. The lowest BCUT2D eigenvalue weighted by atomic mass is 10.1. The molecule has 2 unspecified atom stereocenters. The second-order valence-corrected chi connectivity index (χ2v) is 6.58. The third-order valence-electron chi connectivity index (χ3n) is 4.61. The van der Waals surface area contributed by atoms with Gasteiger partial charge in [-0.15, -0.1) is 0 Å². The molecule has 0 radical (unpaired) electrons. The Bertz CT molecular complexity index is 857. The Hall–Kier alpha value is -3.08. The van der Waals surface area contributed by atoms with Gasteiger partial charge in [0.25, 0.3) is 5.91 Å². The van der Waals surface area contributed by atoms with Crippen molar-refractivity contribution in [2.75, 3.05) is 12.0 Å². The summed E-state index contributed by atoms with van der Waals surface area (Å²) in [7, 11) is 1.60. The standard InChI is InChI=1S/C22H23NO4/c1-15-14-18-6-4-5-7-20(18)23(15)22(25)16(2)27-21(24)13-10-17-8-11-19(26-3)12-9-17/h4-13,15-16H,14H2,1-3H3. The van der Waals surface area contributed by atoms with Gasteiger partial charge < -0.3 is 14.4 Å². The summed E-state index contributed by atoms with van der Waals surface area (Å²) in [6, 6.07) is 15.2. The number of carbonyl (C=O) groups is 2. The molecule has 0 aromatic heterocycles. The van der Waals surface area contributed by atoms with Gasteiger partial charge in [-0.2, -0.15) is 0 Å². The molecule has 1 aliphatic heterocycles. The molecule has 3 rings (SSSR count). The predicted octanol–water partition coefficient (Wildman–Crippen LogP) is 3.62. The number of amides is 1. The SMILES string of the molecule is COc1ccc(C=CC(=O)OC(C)C(=O)N2c3ccccc3CC2C)cc1. The molecule has 0 spiro atoms. The molecular weight excluding hydrogens is 342 g/mol. The van der Waals surface area contributed by atoms with E-state index >= 15 is 0 Å². The maximum atomic E-state index is 12.8. The Morgan fingerprint density at radius 2 is 1.85 bits per heavy atom. The first-order chi connectivity index (χ1) is 13.0. The highest BCUT2D eigenvalue weighted by molar-refractivity contribution is 6.00. The van der Waals surface area contributed by atoms with Crippen LogP contribution < -0.4 is 9.64 Å². The van der Waals surface area contributed by atoms with Crippen molar-refractivity contribution < 1.29 is 19.1 Å². The number of fused-ring (bicyclic) bond motifs is 1. The summed E-state index contributed by atoms with van der Waals surface area (Å²) in [4.78, 5) is 26.6. The van der Waals surface area contributed by atoms with Crippen molar-refractivity contribution in [3.05, 3.63) is 65.7 Å². The Morgan fingerprint density at radius 3 is 2.56 bits per heavy atom. The van der Waals surface area contributed by atoms with Crippen LogP contribution in [0.2, 0.25) is 0 Å². The van der Waals surface area contributed by atoms with Crippen molar-refractivity contribution in [1.29, 1.82) is 0 Å². The highest BCUT2D eigenvalue weighted by atomic mass is 16.5. The normalized spacial score (nSPS) is 16.9. The highest BCUT2D eigenvalue weighted by Gasteiger charge is 2.34. The maximum Gasteiger partial charge on any atom is 0.331 e. The van der Waals surface area contributed by atoms with Crippen LogP contribution >= 0.6 is 0 Å². The van der Waals surface area contributed by atoms with Crippen LogP contribution in [0.4, 0.5) is 5.69 Å². The number of para-hydroxylation sites is 1. The average molecular weight is 365 g/mol. The second-order valence-electron chi connectivity index (χ2n) is 6.58. The first-order valence-corrected chi connectivity index (χ1v) is 8.93. The second kappa shape index (κ2) is 8.08. The van der Waals surface area contributed by atoms with Gasteiger partial charge in [0, 0.05) is 17.8 Å². The van der Waals surface area contributed by atoms with Gasteiger partial charge in [0.2, 0.25) is 0 Å². The minimum Gasteiger partial charge on any atom is -0.497 e. The lowest BCUT2D eigenvalue weighted by molar-refractivity contribution is -0.149. The predicted molar refractivity (Wildman–Crippen MR) is 105 cm³/mol. The van der Waals surface area contributed by atoms with Gasteiger partial charge in [-0.3, -0.25) is 4.79 Å². The molecule has 1 amide bonds. The molecule has 1 aliphatic rings. The molecular formula is C22H23NO4. The van der Waals surface area contributed by atoms with Crippen LogP contribution in [0.3, 0.4) is 0 Å². The first kappa shape index (κ1) is 18.7. The maximum absolute atomic E-state index is 12.8. The van der Waals surface area contributed by atoms with Crippen LogP contribution in [-0.4, -0.2) is 31.1 Å². The van der Waals surface area contributed by atoms with Crippen molar-refractivity contribution >= 4 is 23.6 Å². The van der Waals surface area contributed by atoms with Crippen molar-refractivity contribution in [2.45, 2.75) is 32.4 Å². The zero-order valence-electron chi connectivity index (χ0n) is 15.7. The third-order valence-corrected chi connectivity index (χ3v) is 4.61. The van der Waals surface area contributed by atoms with Crippen molar-refractivity contribution in [2.24, 2.45) is 0 Å². The summed E-state index contributed by atoms with van der Waals surface area (Å²) < 4.78 is 10.4. The first-order valence-electron chi connectivity index (χ1n) is 8.93. The van der Waals surface area contributed by atoms with E-state index in [1.807, 2.05) is 55.5 Å². The molecule has 0 fully saturated rings. The molecule has 2 aromatic rings. The number of hydrogen-bond donors (Lipinski definition) is 0. The Kier molecular flexibility index (Phi) is 5.60. The molecule has 27 heavy (non-hydrogen) atoms. The molecule has 0 N–H and O–H groups in total. The van der Waals surface area contributed by atoms with Gasteiger partial charge in [0.1, 0.15) is 5.75 Å². The molecule has 2 aromatic carbocycles. The van der Waals surface area contributed by atoms with Crippen molar-refractivity contribution in [1.82, 2.24) is 0 Å². The Morgan fingerprint density at radius 1 is 1.15 bits per heavy atom. The highest BCUT2D eigenvalue weighted by Crippen LogP contribution is 2.32. The molecule has 0 saturated carbocycles. The van der Waals surface area contributed by atoms with E-state index in [2.05, 4.69) is 0 Å². The fourth-order valence-electron chi connectivity index (χ4n) is 3.24. The van der Waals surface area contributed by atoms with Crippen LogP contribution in [0.25, 0.3) is 6.08 Å². The minimum atomic E-state index is -0.855. The molecule has 2 atom stereocenters. The van der Waals surface area contributed by atoms with E-state index in [0.717, 1.165) is 29.0 Å². The number of nitrogens with zero attached hydrogens (tertiary/aromatic N) is 1. The average Bonchev–Trinajstić information content (AvgIpc) is 3.01. The summed E-state index contributed by atoms with van der Waals surface area (Å²) in [6.45, 7) is 3.60. The molecule has 1 heterocycles. The largest absolute Gasteiger partial charge is 0.497 e. The van der Waals surface area contributed by atoms with E-state index < -0.39 is 12.1 Å². The Labute approximate surface area is 159 Å². The number of hydrogen-bond acceptors (Lipinski definition) is 4. The van der Waals surface area contributed by atoms with E-state index in [4.69, 9.17) is 9.47 Å². The lowest BCUT2D eigenvalue weighted by Gasteiger charge is -2.25. The third kappa shape index (κ3) is 4.19. The van der Waals surface area contributed by atoms with Gasteiger partial charge in [-0.25, -0.2) is 4.79 Å². The van der Waals surface area contributed by atoms with Gasteiger partial charge >= 0.3 is 5.97 Å². The molecule has 0 aliphatic carbocycles. The smallest absolute Gasteiger partial charge is 0.331 e. The van der Waals surface area contributed by atoms with Gasteiger partial charge in [-0.05, 0) is 55.7 Å². The molecule has 0 saturated heterocycles. The van der Waals surface area contributed by atoms with E-state index in [-0.39, 0.29) is 11.9 Å². The summed E-state index contributed by atoms with van der Waals surface area (Å²) in [6.07, 6.45) is 2.92. The van der Waals surface area contributed by atoms with Crippen LogP contribution in [-0.2, 0) is 20.7 Å². The van der Waals surface area contributed by atoms with E-state index in [9.17, 15) is 9.59 Å². The van der Waals surface area contributed by atoms with E-state index in [1.54, 1.807) is 25.0 Å². The van der Waals surface area contributed by atoms with Gasteiger partial charge in [0.05, 0.1) is 7.11 Å². The number of esters is 1. The van der Waals surface area contributed by atoms with Crippen LogP contribution in [0.5, 0.6) is 5.75 Å². The number of ether oxygens (including phenoxy) is 2. The number of rotatable bonds is 5. The lowest BCUT2D eigenvalue weighted by Crippen LogP contribution is -2.43. The van der Waals surface area contributed by atoms with E-state index in [0.29, 0.717) is 0 Å². The minimum absolute atomic E-state index is 0.0471. The number of benzene rings is 2. The number of anilines is 1. The molecule has 5 nitrogen and oxygen atoms in total. The summed E-state index contributed by atoms with van der Waals surface area (Å²) in [5, 5.41) is 0. The van der Waals surface area contributed by atoms with Gasteiger partial charge in [0.15, 0.2) is 6.10 Å². The Balaban J connectivity index is 1.62. The zero-order chi connectivity index (χ0) is 19.4. The quantitative estimate of drug-likeness (QED) is 0.600. The van der Waals surface area contributed by atoms with Crippen LogP contribution in [0.1, 0.15) is 25.0 Å². The number of carbonyl (C=O) groups excluding carboxylic acids is 2. The van der Waals surface area contributed by atoms with Crippen LogP contribution in [0.15, 0.2) is 54.6 Å². The van der Waals surface area contributed by atoms with Crippen molar-refractivity contribution in [3.63, 3.8) is 0 Å². The van der Waals surface area contributed by atoms with E-state index in [1.165, 1.54) is 6.08 Å². The summed E-state index contributed by atoms with van der Waals surface area (Å²) in [5.74, 6) is -0.0144. The van der Waals surface area contributed by atoms with Crippen molar-refractivity contribution in [3.8, 4) is 5.75 Å². The number of methoxy groups -OCH3 is 1. The fraction of sp³-hybridized carbons (Fsp3) is 0.273. The van der Waals surface area contributed by atoms with Gasteiger partial charge in [-0.1, -0.05) is 30.3 Å². The monoisotopic (exact) mass is 365 g/mol. The molecule has 140 valence electrons. The van der Waals surface area contributed by atoms with Crippen LogP contribution in [0, 0.1) is 0 Å².